The monoisotopic (exact) mass is 246 g/mol. The van der Waals surface area contributed by atoms with E-state index in [-0.39, 0.29) is 0 Å². The summed E-state index contributed by atoms with van der Waals surface area (Å²) in [6.45, 7) is 3.10. The van der Waals surface area contributed by atoms with Crippen molar-refractivity contribution in [1.29, 1.82) is 0 Å². The van der Waals surface area contributed by atoms with E-state index >= 15 is 0 Å². The summed E-state index contributed by atoms with van der Waals surface area (Å²) in [5, 5.41) is 2.12. The van der Waals surface area contributed by atoms with Crippen LogP contribution >= 0.6 is 11.3 Å². The number of nitrogen functional groups attached to an aromatic ring is 1. The highest BCUT2D eigenvalue weighted by Crippen LogP contribution is 2.26. The maximum absolute atomic E-state index is 6.03. The Labute approximate surface area is 107 Å². The zero-order valence-electron chi connectivity index (χ0n) is 10.3. The zero-order chi connectivity index (χ0) is 12.3. The van der Waals surface area contributed by atoms with Crippen LogP contribution in [0.3, 0.4) is 0 Å². The third-order valence-electron chi connectivity index (χ3n) is 2.92. The number of nitrogens with two attached hydrogens (primary N) is 1. The molecule has 1 aromatic carbocycles. The fraction of sp³-hybridized carbons (Fsp3) is 0.286. The van der Waals surface area contributed by atoms with Crippen LogP contribution in [0.15, 0.2) is 35.7 Å². The fourth-order valence-electron chi connectivity index (χ4n) is 2.05. The maximum Gasteiger partial charge on any atom is 0.0627 e. The van der Waals surface area contributed by atoms with Crippen molar-refractivity contribution < 1.29 is 0 Å². The fourth-order valence-corrected chi connectivity index (χ4v) is 2.75. The van der Waals surface area contributed by atoms with Gasteiger partial charge in [-0.3, -0.25) is 0 Å². The number of benzene rings is 1. The van der Waals surface area contributed by atoms with Crippen molar-refractivity contribution in [1.82, 2.24) is 0 Å². The Kier molecular flexibility index (Phi) is 3.69. The summed E-state index contributed by atoms with van der Waals surface area (Å²) in [4.78, 5) is 3.66. The number of nitrogens with zero attached hydrogens (tertiary/aromatic N) is 1. The summed E-state index contributed by atoms with van der Waals surface area (Å²) in [5.41, 5.74) is 9.28. The molecule has 1 heterocycles. The molecule has 17 heavy (non-hydrogen) atoms. The lowest BCUT2D eigenvalue weighted by molar-refractivity contribution is 0.885. The van der Waals surface area contributed by atoms with Gasteiger partial charge in [0.1, 0.15) is 0 Å². The Morgan fingerprint density at radius 2 is 2.06 bits per heavy atom. The summed E-state index contributed by atoms with van der Waals surface area (Å²) < 4.78 is 0. The van der Waals surface area contributed by atoms with Gasteiger partial charge in [0.05, 0.1) is 11.4 Å². The number of hydrogen-bond acceptors (Lipinski definition) is 3. The van der Waals surface area contributed by atoms with Gasteiger partial charge >= 0.3 is 0 Å². The minimum Gasteiger partial charge on any atom is -0.397 e. The zero-order valence-corrected chi connectivity index (χ0v) is 11.1. The van der Waals surface area contributed by atoms with E-state index < -0.39 is 0 Å². The van der Waals surface area contributed by atoms with E-state index in [4.69, 9.17) is 5.73 Å². The first-order chi connectivity index (χ1) is 8.18. The van der Waals surface area contributed by atoms with Crippen LogP contribution in [0.5, 0.6) is 0 Å². The van der Waals surface area contributed by atoms with E-state index in [1.54, 1.807) is 0 Å². The predicted molar refractivity (Wildman–Crippen MR) is 76.9 cm³/mol. The summed E-state index contributed by atoms with van der Waals surface area (Å²) >= 11 is 1.81. The molecular weight excluding hydrogens is 228 g/mol. The Morgan fingerprint density at radius 1 is 1.24 bits per heavy atom. The molecule has 2 rings (SSSR count). The first-order valence-corrected chi connectivity index (χ1v) is 6.65. The van der Waals surface area contributed by atoms with Crippen LogP contribution in [0.4, 0.5) is 11.4 Å². The normalized spacial score (nSPS) is 10.5. The van der Waals surface area contributed by atoms with Crippen molar-refractivity contribution in [3.05, 3.63) is 46.2 Å². The van der Waals surface area contributed by atoms with Gasteiger partial charge in [0.15, 0.2) is 0 Å². The predicted octanol–water partition coefficient (Wildman–Crippen LogP) is 3.32. The van der Waals surface area contributed by atoms with Crippen molar-refractivity contribution in [2.24, 2.45) is 0 Å². The van der Waals surface area contributed by atoms with Crippen molar-refractivity contribution in [3.63, 3.8) is 0 Å². The Balaban J connectivity index is 2.07. The molecule has 1 aromatic heterocycles. The number of aryl methyl sites for hydroxylation is 1. The molecule has 2 aromatic rings. The molecule has 3 heteroatoms. The third-order valence-corrected chi connectivity index (χ3v) is 3.86. The number of thiophene rings is 1. The van der Waals surface area contributed by atoms with Crippen molar-refractivity contribution in [3.8, 4) is 0 Å². The number of anilines is 2. The Bertz CT molecular complexity index is 457. The lowest BCUT2D eigenvalue weighted by Crippen LogP contribution is -2.22. The van der Waals surface area contributed by atoms with E-state index in [9.17, 15) is 0 Å². The largest absolute Gasteiger partial charge is 0.397 e. The topological polar surface area (TPSA) is 29.3 Å². The summed E-state index contributed by atoms with van der Waals surface area (Å²) in [5.74, 6) is 0. The number of rotatable bonds is 4. The smallest absolute Gasteiger partial charge is 0.0627 e. The molecule has 0 aliphatic heterocycles. The van der Waals surface area contributed by atoms with Crippen molar-refractivity contribution in [2.75, 3.05) is 24.2 Å². The Hall–Kier alpha value is -1.48. The van der Waals surface area contributed by atoms with E-state index in [0.29, 0.717) is 0 Å². The number of para-hydroxylation sites is 1. The highest BCUT2D eigenvalue weighted by atomic mass is 32.1. The summed E-state index contributed by atoms with van der Waals surface area (Å²) in [7, 11) is 2.10. The highest BCUT2D eigenvalue weighted by molar-refractivity contribution is 7.09. The van der Waals surface area contributed by atoms with E-state index in [1.807, 2.05) is 23.5 Å². The van der Waals surface area contributed by atoms with E-state index in [2.05, 4.69) is 42.5 Å². The van der Waals surface area contributed by atoms with Crippen LogP contribution in [0.2, 0.25) is 0 Å². The van der Waals surface area contributed by atoms with Crippen LogP contribution in [-0.4, -0.2) is 13.6 Å². The van der Waals surface area contributed by atoms with Gasteiger partial charge in [-0.15, -0.1) is 11.3 Å². The van der Waals surface area contributed by atoms with Crippen molar-refractivity contribution >= 4 is 22.7 Å². The minimum atomic E-state index is 0.860. The summed E-state index contributed by atoms with van der Waals surface area (Å²) in [6.07, 6.45) is 1.07. The first-order valence-electron chi connectivity index (χ1n) is 5.77. The van der Waals surface area contributed by atoms with Gasteiger partial charge in [0.25, 0.3) is 0 Å². The SMILES string of the molecule is Cc1cccc(N)c1N(C)CCc1cccs1. The molecule has 0 saturated heterocycles. The van der Waals surface area contributed by atoms with Crippen molar-refractivity contribution in [2.45, 2.75) is 13.3 Å². The maximum atomic E-state index is 6.03. The number of likely N-dealkylation sites (N-methyl/N-ethyl adjacent to an activating group) is 1. The van der Waals surface area contributed by atoms with Crippen LogP contribution in [0.1, 0.15) is 10.4 Å². The lowest BCUT2D eigenvalue weighted by atomic mass is 10.1. The van der Waals surface area contributed by atoms with Gasteiger partial charge in [-0.25, -0.2) is 0 Å². The van der Waals surface area contributed by atoms with Crippen LogP contribution < -0.4 is 10.6 Å². The second-order valence-electron chi connectivity index (χ2n) is 4.26. The highest BCUT2D eigenvalue weighted by Gasteiger charge is 2.08. The molecule has 2 nitrogen and oxygen atoms in total. The third kappa shape index (κ3) is 2.80. The van der Waals surface area contributed by atoms with Gasteiger partial charge in [0, 0.05) is 18.5 Å². The molecule has 0 atom stereocenters. The van der Waals surface area contributed by atoms with Gasteiger partial charge in [-0.2, -0.15) is 0 Å². The molecule has 2 N–H and O–H groups in total. The minimum absolute atomic E-state index is 0.860. The molecule has 0 aliphatic rings. The van der Waals surface area contributed by atoms with Crippen LogP contribution in [-0.2, 0) is 6.42 Å². The molecule has 0 radical (unpaired) electrons. The van der Waals surface area contributed by atoms with E-state index in [1.165, 1.54) is 10.4 Å². The molecule has 90 valence electrons. The molecule has 0 bridgehead atoms. The van der Waals surface area contributed by atoms with Gasteiger partial charge in [0.2, 0.25) is 0 Å². The quantitative estimate of drug-likeness (QED) is 0.839. The van der Waals surface area contributed by atoms with Gasteiger partial charge in [-0.05, 0) is 36.4 Å². The molecule has 0 fully saturated rings. The first kappa shape index (κ1) is 12.0. The molecule has 0 saturated carbocycles. The second-order valence-corrected chi connectivity index (χ2v) is 5.30. The summed E-state index contributed by atoms with van der Waals surface area (Å²) in [6, 6.07) is 10.3. The van der Waals surface area contributed by atoms with Gasteiger partial charge < -0.3 is 10.6 Å². The standard InChI is InChI=1S/C14H18N2S/c1-11-5-3-7-13(15)14(11)16(2)9-8-12-6-4-10-17-12/h3-7,10H,8-9,15H2,1-2H3. The second kappa shape index (κ2) is 5.23. The average Bonchev–Trinajstić information content (AvgIpc) is 2.79. The van der Waals surface area contributed by atoms with Crippen LogP contribution in [0.25, 0.3) is 0 Å². The molecule has 0 amide bonds. The number of hydrogen-bond donors (Lipinski definition) is 1. The molecule has 0 unspecified atom stereocenters. The lowest BCUT2D eigenvalue weighted by Gasteiger charge is -2.22. The van der Waals surface area contributed by atoms with Gasteiger partial charge in [-0.1, -0.05) is 18.2 Å². The molecule has 0 aliphatic carbocycles. The molecule has 0 spiro atoms. The van der Waals surface area contributed by atoms with E-state index in [0.717, 1.165) is 24.3 Å². The van der Waals surface area contributed by atoms with Crippen LogP contribution in [0, 0.1) is 6.92 Å². The molecular formula is C14H18N2S. The Morgan fingerprint density at radius 3 is 2.71 bits per heavy atom. The average molecular weight is 246 g/mol.